The van der Waals surface area contributed by atoms with Crippen LogP contribution < -0.4 is 5.32 Å². The average Bonchev–Trinajstić information content (AvgIpc) is 3.30. The van der Waals surface area contributed by atoms with Crippen LogP contribution in [0.15, 0.2) is 35.8 Å². The molecule has 9 heteroatoms. The lowest BCUT2D eigenvalue weighted by atomic mass is 10.1. The zero-order valence-corrected chi connectivity index (χ0v) is 18.0. The highest BCUT2D eigenvalue weighted by molar-refractivity contribution is 7.09. The van der Waals surface area contributed by atoms with Crippen molar-refractivity contribution in [2.45, 2.75) is 26.1 Å². The molecule has 0 fully saturated rings. The van der Waals surface area contributed by atoms with Crippen LogP contribution in [-0.4, -0.2) is 45.7 Å². The van der Waals surface area contributed by atoms with Crippen LogP contribution in [-0.2, 0) is 13.1 Å². The van der Waals surface area contributed by atoms with Gasteiger partial charge < -0.3 is 10.2 Å². The van der Waals surface area contributed by atoms with Gasteiger partial charge in [-0.2, -0.15) is 10.4 Å². The van der Waals surface area contributed by atoms with Crippen molar-refractivity contribution < 1.29 is 4.79 Å². The van der Waals surface area contributed by atoms with Crippen molar-refractivity contribution in [3.63, 3.8) is 0 Å². The number of hydrogen-bond donors (Lipinski definition) is 1. The van der Waals surface area contributed by atoms with Crippen LogP contribution in [0, 0.1) is 11.3 Å². The first-order chi connectivity index (χ1) is 13.9. The van der Waals surface area contributed by atoms with Gasteiger partial charge in [0.2, 0.25) is 0 Å². The zero-order chi connectivity index (χ0) is 21.0. The number of amides is 1. The fourth-order valence-electron chi connectivity index (χ4n) is 2.76. The Bertz CT molecular complexity index is 1050. The van der Waals surface area contributed by atoms with Gasteiger partial charge in [0.25, 0.3) is 5.91 Å². The van der Waals surface area contributed by atoms with E-state index in [9.17, 15) is 4.79 Å². The molecule has 1 unspecified atom stereocenters. The Hall–Kier alpha value is -2.73. The lowest BCUT2D eigenvalue weighted by Crippen LogP contribution is -2.36. The lowest BCUT2D eigenvalue weighted by Gasteiger charge is -2.13. The smallest absolute Gasteiger partial charge is 0.271 e. The van der Waals surface area contributed by atoms with Crippen molar-refractivity contribution in [3.8, 4) is 17.3 Å². The molecule has 1 atom stereocenters. The second-order valence-corrected chi connectivity index (χ2v) is 8.32. The molecule has 1 amide bonds. The minimum Gasteiger partial charge on any atom is -0.346 e. The van der Waals surface area contributed by atoms with Gasteiger partial charge in [-0.3, -0.25) is 9.48 Å². The summed E-state index contributed by atoms with van der Waals surface area (Å²) in [6.07, 6.45) is 1.85. The van der Waals surface area contributed by atoms with Crippen molar-refractivity contribution in [1.82, 2.24) is 25.0 Å². The summed E-state index contributed by atoms with van der Waals surface area (Å²) in [5, 5.41) is 19.6. The molecule has 150 valence electrons. The number of hydrogen-bond acceptors (Lipinski definition) is 6. The molecule has 0 aliphatic heterocycles. The fourth-order valence-corrected chi connectivity index (χ4v) is 3.88. The zero-order valence-electron chi connectivity index (χ0n) is 16.4. The maximum Gasteiger partial charge on any atom is 0.271 e. The number of nitrogens with one attached hydrogen (secondary N) is 1. The predicted molar refractivity (Wildman–Crippen MR) is 114 cm³/mol. The van der Waals surface area contributed by atoms with Gasteiger partial charge in [-0.1, -0.05) is 17.7 Å². The van der Waals surface area contributed by atoms with E-state index in [0.717, 1.165) is 16.3 Å². The molecule has 0 saturated heterocycles. The molecular weight excluding hydrogens is 408 g/mol. The normalized spacial score (nSPS) is 12.0. The Morgan fingerprint density at radius 1 is 1.41 bits per heavy atom. The van der Waals surface area contributed by atoms with Crippen LogP contribution in [0.1, 0.15) is 28.0 Å². The van der Waals surface area contributed by atoms with Gasteiger partial charge >= 0.3 is 0 Å². The Morgan fingerprint density at radius 2 is 2.21 bits per heavy atom. The first-order valence-electron chi connectivity index (χ1n) is 8.99. The van der Waals surface area contributed by atoms with E-state index < -0.39 is 0 Å². The summed E-state index contributed by atoms with van der Waals surface area (Å²) < 4.78 is 1.77. The summed E-state index contributed by atoms with van der Waals surface area (Å²) in [6, 6.07) is 9.01. The van der Waals surface area contributed by atoms with E-state index in [2.05, 4.69) is 15.4 Å². The van der Waals surface area contributed by atoms with Crippen LogP contribution in [0.4, 0.5) is 0 Å². The predicted octanol–water partition coefficient (Wildman–Crippen LogP) is 3.41. The highest BCUT2D eigenvalue weighted by Gasteiger charge is 2.15. The molecule has 0 saturated carbocycles. The highest BCUT2D eigenvalue weighted by atomic mass is 35.5. The summed E-state index contributed by atoms with van der Waals surface area (Å²) >= 11 is 7.58. The molecular formula is C20H21ClN6OS. The Kier molecular flexibility index (Phi) is 6.64. The average molecular weight is 429 g/mol. The Morgan fingerprint density at radius 3 is 2.90 bits per heavy atom. The second kappa shape index (κ2) is 9.18. The number of carbonyl (C=O) groups is 1. The van der Waals surface area contributed by atoms with Crippen molar-refractivity contribution in [2.24, 2.45) is 0 Å². The lowest BCUT2D eigenvalue weighted by molar-refractivity contribution is 0.0931. The van der Waals surface area contributed by atoms with Crippen molar-refractivity contribution in [1.29, 1.82) is 5.26 Å². The van der Waals surface area contributed by atoms with E-state index in [1.807, 2.05) is 50.3 Å². The number of carbonyl (C=O) groups excluding carboxylic acids is 1. The van der Waals surface area contributed by atoms with Crippen molar-refractivity contribution >= 4 is 28.8 Å². The molecule has 2 aromatic heterocycles. The molecule has 7 nitrogen and oxygen atoms in total. The molecule has 0 aliphatic carbocycles. The van der Waals surface area contributed by atoms with Gasteiger partial charge in [0.15, 0.2) is 0 Å². The minimum absolute atomic E-state index is 0.126. The summed E-state index contributed by atoms with van der Waals surface area (Å²) in [6.45, 7) is 3.15. The monoisotopic (exact) mass is 428 g/mol. The first-order valence-corrected chi connectivity index (χ1v) is 10.2. The summed E-state index contributed by atoms with van der Waals surface area (Å²) in [5.74, 6) is -0.190. The van der Waals surface area contributed by atoms with E-state index in [1.54, 1.807) is 22.2 Å². The number of aromatic nitrogens is 3. The number of nitrogens with zero attached hydrogens (tertiary/aromatic N) is 5. The minimum atomic E-state index is -0.190. The van der Waals surface area contributed by atoms with Gasteiger partial charge in [0.1, 0.15) is 16.8 Å². The number of benzene rings is 1. The third kappa shape index (κ3) is 5.41. The number of halogens is 1. The van der Waals surface area contributed by atoms with Gasteiger partial charge in [-0.25, -0.2) is 4.98 Å². The topological polar surface area (TPSA) is 86.8 Å². The molecule has 1 N–H and O–H groups in total. The Balaban J connectivity index is 1.61. The maximum atomic E-state index is 12.4. The van der Waals surface area contributed by atoms with Crippen LogP contribution in [0.5, 0.6) is 0 Å². The fraction of sp³-hybridized carbons (Fsp3) is 0.300. The first kappa shape index (κ1) is 21.0. The molecule has 3 rings (SSSR count). The van der Waals surface area contributed by atoms with E-state index in [-0.39, 0.29) is 11.9 Å². The summed E-state index contributed by atoms with van der Waals surface area (Å²) in [5.41, 5.74) is 2.46. The highest BCUT2D eigenvalue weighted by Crippen LogP contribution is 2.24. The second-order valence-electron chi connectivity index (χ2n) is 6.97. The van der Waals surface area contributed by atoms with Crippen molar-refractivity contribution in [3.05, 3.63) is 57.1 Å². The van der Waals surface area contributed by atoms with Gasteiger partial charge in [0, 0.05) is 29.7 Å². The van der Waals surface area contributed by atoms with Crippen molar-refractivity contribution in [2.75, 3.05) is 14.1 Å². The van der Waals surface area contributed by atoms with Crippen LogP contribution in [0.3, 0.4) is 0 Å². The molecule has 3 aromatic rings. The van der Waals surface area contributed by atoms with Crippen LogP contribution in [0.2, 0.25) is 5.02 Å². The van der Waals surface area contributed by atoms with Gasteiger partial charge in [0.05, 0.1) is 22.8 Å². The van der Waals surface area contributed by atoms with E-state index in [4.69, 9.17) is 16.9 Å². The third-order valence-electron chi connectivity index (χ3n) is 4.10. The standard InChI is InChI=1S/C20H21ClN6OS/c1-13(23-20(28)18-12-29-19(24-18)11-26(2)3)10-27-7-6-17(25-27)14-4-5-15(9-22)16(21)8-14/h4-8,12-13H,10-11H2,1-3H3,(H,23,28). The molecule has 1 aromatic carbocycles. The van der Waals surface area contributed by atoms with Gasteiger partial charge in [-0.05, 0) is 39.2 Å². The molecule has 0 spiro atoms. The van der Waals surface area contributed by atoms with Crippen LogP contribution in [0.25, 0.3) is 11.3 Å². The Labute approximate surface area is 178 Å². The molecule has 2 heterocycles. The number of thiazole rings is 1. The molecule has 0 radical (unpaired) electrons. The SMILES string of the molecule is CC(Cn1ccc(-c2ccc(C#N)c(Cl)c2)n1)NC(=O)c1csc(CN(C)C)n1. The van der Waals surface area contributed by atoms with Gasteiger partial charge in [-0.15, -0.1) is 11.3 Å². The summed E-state index contributed by atoms with van der Waals surface area (Å²) in [4.78, 5) is 18.8. The molecule has 29 heavy (non-hydrogen) atoms. The van der Waals surface area contributed by atoms with Crippen LogP contribution >= 0.6 is 22.9 Å². The molecule has 0 aliphatic rings. The number of nitriles is 1. The molecule has 0 bridgehead atoms. The quantitative estimate of drug-likeness (QED) is 0.623. The van der Waals surface area contributed by atoms with E-state index in [1.165, 1.54) is 11.3 Å². The summed E-state index contributed by atoms with van der Waals surface area (Å²) in [7, 11) is 3.93. The van der Waals surface area contributed by atoms with E-state index >= 15 is 0 Å². The maximum absolute atomic E-state index is 12.4. The van der Waals surface area contributed by atoms with E-state index in [0.29, 0.717) is 29.4 Å². The largest absolute Gasteiger partial charge is 0.346 e. The number of rotatable bonds is 7. The third-order valence-corrected chi connectivity index (χ3v) is 5.25.